The van der Waals surface area contributed by atoms with Crippen molar-refractivity contribution in [3.05, 3.63) is 200 Å². The molecule has 240 valence electrons. The van der Waals surface area contributed by atoms with Gasteiger partial charge >= 0.3 is 0 Å². The molecule has 9 aromatic rings. The van der Waals surface area contributed by atoms with Crippen molar-refractivity contribution in [1.82, 2.24) is 0 Å². The van der Waals surface area contributed by atoms with E-state index in [0.29, 0.717) is 0 Å². The van der Waals surface area contributed by atoms with Gasteiger partial charge in [0.2, 0.25) is 0 Å². The highest BCUT2D eigenvalue weighted by molar-refractivity contribution is 7.28. The number of nitrogens with zero attached hydrogens (tertiary/aromatic N) is 1. The summed E-state index contributed by atoms with van der Waals surface area (Å²) in [6.07, 6.45) is 0. The lowest BCUT2D eigenvalue weighted by Crippen LogP contribution is -2.72. The molecule has 10 rings (SSSR count). The van der Waals surface area contributed by atoms with Crippen LogP contribution in [0.4, 0.5) is 17.1 Å². The molecule has 0 atom stereocenters. The summed E-state index contributed by atoms with van der Waals surface area (Å²) in [4.78, 5) is 2.42. The molecule has 1 aliphatic heterocycles. The Morgan fingerprint density at radius 1 is 0.392 bits per heavy atom. The van der Waals surface area contributed by atoms with Gasteiger partial charge in [0.25, 0.3) is 0 Å². The van der Waals surface area contributed by atoms with Crippen LogP contribution in [0.15, 0.2) is 200 Å². The van der Waals surface area contributed by atoms with E-state index in [9.17, 15) is 0 Å². The molecule has 0 unspecified atom stereocenters. The van der Waals surface area contributed by atoms with Crippen LogP contribution >= 0.6 is 11.3 Å². The molecule has 51 heavy (non-hydrogen) atoms. The van der Waals surface area contributed by atoms with Crippen LogP contribution < -0.4 is 25.6 Å². The Balaban J connectivity index is 1.26. The Kier molecular flexibility index (Phi) is 7.09. The first-order valence-corrected chi connectivity index (χ1v) is 20.3. The lowest BCUT2D eigenvalue weighted by Gasteiger charge is -2.32. The van der Waals surface area contributed by atoms with Crippen LogP contribution in [-0.2, 0) is 0 Å². The molecule has 0 amide bonds. The van der Waals surface area contributed by atoms with Crippen molar-refractivity contribution < 1.29 is 0 Å². The number of fused-ring (bicyclic) bond motifs is 7. The Bertz CT molecular complexity index is 2630. The molecular formula is C48H33NSSi. The van der Waals surface area contributed by atoms with Gasteiger partial charge in [-0.1, -0.05) is 158 Å². The third-order valence-electron chi connectivity index (χ3n) is 10.5. The Hall–Kier alpha value is -6.00. The maximum atomic E-state index is 2.53. The zero-order valence-corrected chi connectivity index (χ0v) is 29.7. The predicted octanol–water partition coefficient (Wildman–Crippen LogP) is 10.5. The Morgan fingerprint density at radius 3 is 1.63 bits per heavy atom. The van der Waals surface area contributed by atoms with Crippen LogP contribution in [0.2, 0.25) is 0 Å². The monoisotopic (exact) mass is 683 g/mol. The van der Waals surface area contributed by atoms with Crippen LogP contribution in [0.5, 0.6) is 0 Å². The van der Waals surface area contributed by atoms with Gasteiger partial charge in [-0.2, -0.15) is 0 Å². The van der Waals surface area contributed by atoms with E-state index in [4.69, 9.17) is 0 Å². The van der Waals surface area contributed by atoms with Gasteiger partial charge in [0.15, 0.2) is 8.07 Å². The topological polar surface area (TPSA) is 3.24 Å². The van der Waals surface area contributed by atoms with Crippen LogP contribution in [-0.4, -0.2) is 8.07 Å². The molecule has 0 bridgehead atoms. The second kappa shape index (κ2) is 12.1. The van der Waals surface area contributed by atoms with E-state index >= 15 is 0 Å². The van der Waals surface area contributed by atoms with Crippen molar-refractivity contribution in [2.45, 2.75) is 0 Å². The summed E-state index contributed by atoms with van der Waals surface area (Å²) in [5.41, 5.74) is 8.64. The van der Waals surface area contributed by atoms with Gasteiger partial charge in [-0.05, 0) is 85.5 Å². The average molecular weight is 684 g/mol. The highest BCUT2D eigenvalue weighted by atomic mass is 32.1. The minimum Gasteiger partial charge on any atom is -0.311 e. The average Bonchev–Trinajstić information content (AvgIpc) is 3.73. The molecule has 0 saturated carbocycles. The summed E-state index contributed by atoms with van der Waals surface area (Å²) in [7, 11) is -2.74. The van der Waals surface area contributed by atoms with E-state index in [2.05, 4.69) is 205 Å². The maximum Gasteiger partial charge on any atom is 0.181 e. The molecule has 3 heteroatoms. The summed E-state index contributed by atoms with van der Waals surface area (Å²) in [5.74, 6) is 0. The highest BCUT2D eigenvalue weighted by Gasteiger charge is 2.49. The first-order chi connectivity index (χ1) is 25.3. The molecule has 0 N–H and O–H groups in total. The third kappa shape index (κ3) is 4.66. The lowest BCUT2D eigenvalue weighted by molar-refractivity contribution is 1.29. The fraction of sp³-hybridized carbons (Fsp3) is 0. The van der Waals surface area contributed by atoms with Gasteiger partial charge in [0.1, 0.15) is 0 Å². The molecule has 0 radical (unpaired) electrons. The number of hydrogen-bond donors (Lipinski definition) is 0. The largest absolute Gasteiger partial charge is 0.311 e. The number of benzene rings is 8. The minimum absolute atomic E-state index is 1.13. The molecule has 0 saturated heterocycles. The summed E-state index contributed by atoms with van der Waals surface area (Å²) < 4.78 is 2.73. The van der Waals surface area contributed by atoms with Crippen LogP contribution in [0, 0.1) is 0 Å². The smallest absolute Gasteiger partial charge is 0.181 e. The van der Waals surface area contributed by atoms with Gasteiger partial charge in [0.05, 0.1) is 0 Å². The Labute approximate surface area is 303 Å². The van der Waals surface area contributed by atoms with E-state index in [1.165, 1.54) is 63.2 Å². The highest BCUT2D eigenvalue weighted by Crippen LogP contribution is 2.44. The second-order valence-corrected chi connectivity index (χ2v) is 18.0. The van der Waals surface area contributed by atoms with Crippen LogP contribution in [0.1, 0.15) is 0 Å². The summed E-state index contributed by atoms with van der Waals surface area (Å²) in [6, 6.07) is 74.1. The lowest BCUT2D eigenvalue weighted by atomic mass is 10.0. The van der Waals surface area contributed by atoms with E-state index < -0.39 is 8.07 Å². The number of thiophene rings is 1. The molecule has 0 aliphatic carbocycles. The molecule has 8 aromatic carbocycles. The van der Waals surface area contributed by atoms with Crippen molar-refractivity contribution in [1.29, 1.82) is 0 Å². The van der Waals surface area contributed by atoms with Gasteiger partial charge < -0.3 is 4.90 Å². The van der Waals surface area contributed by atoms with Crippen LogP contribution in [0.25, 0.3) is 42.4 Å². The van der Waals surface area contributed by atoms with Crippen molar-refractivity contribution in [3.8, 4) is 22.3 Å². The van der Waals surface area contributed by atoms with Crippen molar-refractivity contribution in [3.63, 3.8) is 0 Å². The molecular weight excluding hydrogens is 651 g/mol. The first kappa shape index (κ1) is 29.9. The summed E-state index contributed by atoms with van der Waals surface area (Å²) >= 11 is 1.94. The van der Waals surface area contributed by atoms with Gasteiger partial charge in [-0.15, -0.1) is 11.3 Å². The fourth-order valence-electron chi connectivity index (χ4n) is 8.34. The molecule has 2 heterocycles. The molecule has 0 spiro atoms. The number of hydrogen-bond acceptors (Lipinski definition) is 2. The molecule has 1 nitrogen and oxygen atoms in total. The molecule has 0 fully saturated rings. The van der Waals surface area contributed by atoms with E-state index in [-0.39, 0.29) is 0 Å². The number of para-hydroxylation sites is 1. The Morgan fingerprint density at radius 2 is 0.941 bits per heavy atom. The maximum absolute atomic E-state index is 2.74. The minimum atomic E-state index is -2.74. The fourth-order valence-corrected chi connectivity index (χ4v) is 14.9. The molecule has 1 aliphatic rings. The number of anilines is 3. The van der Waals surface area contributed by atoms with E-state index in [1.54, 1.807) is 0 Å². The zero-order chi connectivity index (χ0) is 33.8. The van der Waals surface area contributed by atoms with Gasteiger partial charge in [-0.25, -0.2) is 0 Å². The zero-order valence-electron chi connectivity index (χ0n) is 27.9. The molecule has 1 aromatic heterocycles. The van der Waals surface area contributed by atoms with Crippen molar-refractivity contribution in [2.75, 3.05) is 4.90 Å². The first-order valence-electron chi connectivity index (χ1n) is 17.5. The standard InChI is InChI=1S/C48H33NSSi/c1-5-15-34(16-6-1)35-25-27-37(28-26-35)49(36-17-7-2-8-18-36)38-29-30-43-46(33-38)51(39-19-9-3-10-20-39,40-21-11-4-12-22-40)45-32-31-42-41-23-13-14-24-44(41)50-48(42)47(43)45/h1-33H. The predicted molar refractivity (Wildman–Crippen MR) is 222 cm³/mol. The van der Waals surface area contributed by atoms with E-state index in [1.807, 2.05) is 11.3 Å². The second-order valence-electron chi connectivity index (χ2n) is 13.3. The summed E-state index contributed by atoms with van der Waals surface area (Å²) in [5, 5.41) is 8.43. The normalized spacial score (nSPS) is 12.9. The van der Waals surface area contributed by atoms with Gasteiger partial charge in [0, 0.05) is 37.2 Å². The number of rotatable bonds is 6. The van der Waals surface area contributed by atoms with Crippen molar-refractivity contribution in [2.24, 2.45) is 0 Å². The summed E-state index contributed by atoms with van der Waals surface area (Å²) in [6.45, 7) is 0. The van der Waals surface area contributed by atoms with Gasteiger partial charge in [-0.3, -0.25) is 0 Å². The third-order valence-corrected chi connectivity index (χ3v) is 16.6. The van der Waals surface area contributed by atoms with Crippen molar-refractivity contribution >= 4 is 77.4 Å². The van der Waals surface area contributed by atoms with Crippen LogP contribution in [0.3, 0.4) is 0 Å². The quantitative estimate of drug-likeness (QED) is 0.158. The van der Waals surface area contributed by atoms with E-state index in [0.717, 1.165) is 17.1 Å². The SMILES string of the molecule is c1ccc(-c2ccc(N(c3ccccc3)c3ccc4c(c3)[Si](c3ccccc3)(c3ccccc3)c3ccc5c(sc6ccccc65)c3-4)cc2)cc1.